The molecule has 0 spiro atoms. The molecule has 4 rings (SSSR count). The van der Waals surface area contributed by atoms with Crippen molar-refractivity contribution < 1.29 is 0 Å². The number of nitrogens with zero attached hydrogens (tertiary/aromatic N) is 2. The normalized spacial score (nSPS) is 18.9. The molecule has 0 saturated heterocycles. The first-order valence-electron chi connectivity index (χ1n) is 9.11. The highest BCUT2D eigenvalue weighted by atomic mass is 35.5. The Balaban J connectivity index is 1.69. The highest BCUT2D eigenvalue weighted by molar-refractivity contribution is 6.17. The van der Waals surface area contributed by atoms with Gasteiger partial charge < -0.3 is 9.80 Å². The zero-order valence-corrected chi connectivity index (χ0v) is 14.8. The molecule has 0 bridgehead atoms. The highest BCUT2D eigenvalue weighted by Crippen LogP contribution is 2.44. The summed E-state index contributed by atoms with van der Waals surface area (Å²) < 4.78 is 0. The number of halogens is 1. The molecule has 0 amide bonds. The molecular formula is C21H25ClN2. The average molecular weight is 341 g/mol. The molecule has 0 aromatic heterocycles. The van der Waals surface area contributed by atoms with E-state index in [1.165, 1.54) is 42.6 Å². The van der Waals surface area contributed by atoms with Gasteiger partial charge in [0, 0.05) is 11.9 Å². The molecule has 1 fully saturated rings. The number of hydrogen-bond donors (Lipinski definition) is 0. The lowest BCUT2D eigenvalue weighted by molar-refractivity contribution is 0.565. The van der Waals surface area contributed by atoms with E-state index < -0.39 is 0 Å². The third-order valence-corrected chi connectivity index (χ3v) is 5.73. The molecule has 0 radical (unpaired) electrons. The molecule has 0 unspecified atom stereocenters. The standard InChI is InChI=1S/C21H25ClN2/c22-15-14-19(17-8-2-1-3-9-17)24-16-23(18-10-4-5-11-18)20-12-6-7-13-21(20)24/h1-3,6-9,12-13,18-19H,4-5,10-11,14-16H2/t19-/m1/s1. The van der Waals surface area contributed by atoms with E-state index in [4.69, 9.17) is 11.6 Å². The number of fused-ring (bicyclic) bond motifs is 1. The second kappa shape index (κ2) is 7.06. The van der Waals surface area contributed by atoms with E-state index in [1.807, 2.05) is 0 Å². The van der Waals surface area contributed by atoms with Crippen molar-refractivity contribution in [1.29, 1.82) is 0 Å². The molecule has 2 nitrogen and oxygen atoms in total. The lowest BCUT2D eigenvalue weighted by Crippen LogP contribution is -2.39. The first-order chi connectivity index (χ1) is 11.9. The minimum absolute atomic E-state index is 0.344. The van der Waals surface area contributed by atoms with Gasteiger partial charge in [-0.1, -0.05) is 55.3 Å². The Labute approximate surface area is 150 Å². The van der Waals surface area contributed by atoms with Crippen molar-refractivity contribution in [3.63, 3.8) is 0 Å². The van der Waals surface area contributed by atoms with Gasteiger partial charge in [-0.05, 0) is 37.0 Å². The van der Waals surface area contributed by atoms with Crippen molar-refractivity contribution in [3.05, 3.63) is 60.2 Å². The van der Waals surface area contributed by atoms with Gasteiger partial charge in [0.05, 0.1) is 24.1 Å². The third kappa shape index (κ3) is 2.88. The molecule has 2 aliphatic rings. The second-order valence-electron chi connectivity index (χ2n) is 6.91. The Morgan fingerprint density at radius 1 is 0.917 bits per heavy atom. The van der Waals surface area contributed by atoms with Gasteiger partial charge in [0.25, 0.3) is 0 Å². The topological polar surface area (TPSA) is 6.48 Å². The zero-order valence-electron chi connectivity index (χ0n) is 14.1. The minimum Gasteiger partial charge on any atom is -0.349 e. The van der Waals surface area contributed by atoms with E-state index >= 15 is 0 Å². The highest BCUT2D eigenvalue weighted by Gasteiger charge is 2.35. The van der Waals surface area contributed by atoms with Crippen LogP contribution in [0.15, 0.2) is 54.6 Å². The van der Waals surface area contributed by atoms with Crippen LogP contribution in [0.3, 0.4) is 0 Å². The summed E-state index contributed by atoms with van der Waals surface area (Å²) >= 11 is 6.17. The van der Waals surface area contributed by atoms with Crippen molar-refractivity contribution in [2.45, 2.75) is 44.2 Å². The molecular weight excluding hydrogens is 316 g/mol. The van der Waals surface area contributed by atoms with E-state index in [9.17, 15) is 0 Å². The van der Waals surface area contributed by atoms with Gasteiger partial charge in [-0.2, -0.15) is 0 Å². The van der Waals surface area contributed by atoms with Crippen LogP contribution in [-0.2, 0) is 0 Å². The number of benzene rings is 2. The first kappa shape index (κ1) is 15.8. The van der Waals surface area contributed by atoms with Crippen LogP contribution in [0.2, 0.25) is 0 Å². The molecule has 2 aromatic carbocycles. The van der Waals surface area contributed by atoms with Gasteiger partial charge in [-0.25, -0.2) is 0 Å². The molecule has 1 saturated carbocycles. The van der Waals surface area contributed by atoms with E-state index in [-0.39, 0.29) is 0 Å². The Morgan fingerprint density at radius 3 is 2.29 bits per heavy atom. The molecule has 1 atom stereocenters. The number of para-hydroxylation sites is 2. The average Bonchev–Trinajstić information content (AvgIpc) is 3.28. The Morgan fingerprint density at radius 2 is 1.58 bits per heavy atom. The summed E-state index contributed by atoms with van der Waals surface area (Å²) in [5, 5.41) is 0. The van der Waals surface area contributed by atoms with Crippen LogP contribution >= 0.6 is 11.6 Å². The summed E-state index contributed by atoms with van der Waals surface area (Å²) in [7, 11) is 0. The van der Waals surface area contributed by atoms with E-state index in [2.05, 4.69) is 64.4 Å². The number of rotatable bonds is 5. The fourth-order valence-corrected chi connectivity index (χ4v) is 4.55. The van der Waals surface area contributed by atoms with Crippen LogP contribution in [0, 0.1) is 0 Å². The van der Waals surface area contributed by atoms with Crippen LogP contribution in [0.25, 0.3) is 0 Å². The number of anilines is 2. The van der Waals surface area contributed by atoms with Crippen molar-refractivity contribution in [3.8, 4) is 0 Å². The first-order valence-corrected chi connectivity index (χ1v) is 9.65. The molecule has 0 N–H and O–H groups in total. The Bertz CT molecular complexity index is 667. The van der Waals surface area contributed by atoms with Gasteiger partial charge >= 0.3 is 0 Å². The maximum absolute atomic E-state index is 6.17. The van der Waals surface area contributed by atoms with Gasteiger partial charge in [0.1, 0.15) is 0 Å². The van der Waals surface area contributed by atoms with Gasteiger partial charge in [0.15, 0.2) is 0 Å². The molecule has 126 valence electrons. The maximum atomic E-state index is 6.17. The van der Waals surface area contributed by atoms with E-state index in [0.717, 1.165) is 13.1 Å². The van der Waals surface area contributed by atoms with Gasteiger partial charge in [-0.3, -0.25) is 0 Å². The van der Waals surface area contributed by atoms with Crippen LogP contribution < -0.4 is 9.80 Å². The van der Waals surface area contributed by atoms with Crippen molar-refractivity contribution >= 4 is 23.0 Å². The van der Waals surface area contributed by atoms with Gasteiger partial charge in [-0.15, -0.1) is 11.6 Å². The predicted octanol–water partition coefficient (Wildman–Crippen LogP) is 5.58. The monoisotopic (exact) mass is 340 g/mol. The molecule has 1 heterocycles. The summed E-state index contributed by atoms with van der Waals surface area (Å²) in [6, 6.07) is 20.8. The Kier molecular flexibility index (Phi) is 4.66. The van der Waals surface area contributed by atoms with Crippen LogP contribution in [0.4, 0.5) is 11.4 Å². The lowest BCUT2D eigenvalue weighted by Gasteiger charge is -2.32. The maximum Gasteiger partial charge on any atom is 0.0913 e. The summed E-state index contributed by atoms with van der Waals surface area (Å²) in [5.41, 5.74) is 4.13. The zero-order chi connectivity index (χ0) is 16.4. The molecule has 24 heavy (non-hydrogen) atoms. The molecule has 2 aromatic rings. The fraction of sp³-hybridized carbons (Fsp3) is 0.429. The van der Waals surface area contributed by atoms with Crippen molar-refractivity contribution in [2.75, 3.05) is 22.3 Å². The van der Waals surface area contributed by atoms with Crippen LogP contribution in [0.1, 0.15) is 43.7 Å². The number of hydrogen-bond acceptors (Lipinski definition) is 2. The fourth-order valence-electron chi connectivity index (χ4n) is 4.34. The van der Waals surface area contributed by atoms with Crippen molar-refractivity contribution in [2.24, 2.45) is 0 Å². The van der Waals surface area contributed by atoms with E-state index in [1.54, 1.807) is 0 Å². The second-order valence-corrected chi connectivity index (χ2v) is 7.29. The van der Waals surface area contributed by atoms with Crippen LogP contribution in [-0.4, -0.2) is 18.6 Å². The smallest absolute Gasteiger partial charge is 0.0913 e. The third-order valence-electron chi connectivity index (χ3n) is 5.51. The molecule has 1 aliphatic carbocycles. The largest absolute Gasteiger partial charge is 0.349 e. The minimum atomic E-state index is 0.344. The SMILES string of the molecule is ClCC[C@H](c1ccccc1)N1CN(C2CCCC2)c2ccccc21. The van der Waals surface area contributed by atoms with E-state index in [0.29, 0.717) is 18.0 Å². The Hall–Kier alpha value is -1.67. The molecule has 3 heteroatoms. The molecule has 1 aliphatic heterocycles. The van der Waals surface area contributed by atoms with Gasteiger partial charge in [0.2, 0.25) is 0 Å². The summed E-state index contributed by atoms with van der Waals surface area (Å²) in [5.74, 6) is 0.682. The summed E-state index contributed by atoms with van der Waals surface area (Å²) in [6.07, 6.45) is 6.36. The predicted molar refractivity (Wildman–Crippen MR) is 103 cm³/mol. The number of alkyl halides is 1. The lowest BCUT2D eigenvalue weighted by atomic mass is 10.0. The van der Waals surface area contributed by atoms with Crippen LogP contribution in [0.5, 0.6) is 0 Å². The van der Waals surface area contributed by atoms with Crippen molar-refractivity contribution in [1.82, 2.24) is 0 Å². The quantitative estimate of drug-likeness (QED) is 0.655. The summed E-state index contributed by atoms with van der Waals surface area (Å²) in [4.78, 5) is 5.19. The summed E-state index contributed by atoms with van der Waals surface area (Å²) in [6.45, 7) is 0.987.